The molecule has 0 bridgehead atoms. The van der Waals surface area contributed by atoms with E-state index in [0.29, 0.717) is 10.6 Å². The second-order valence-electron chi connectivity index (χ2n) is 3.42. The Hall–Kier alpha value is -2.12. The van der Waals surface area contributed by atoms with E-state index >= 15 is 0 Å². The first-order valence-electron chi connectivity index (χ1n) is 4.97. The number of thiophene rings is 1. The van der Waals surface area contributed by atoms with Crippen molar-refractivity contribution in [1.82, 2.24) is 0 Å². The van der Waals surface area contributed by atoms with E-state index in [1.54, 1.807) is 29.6 Å². The zero-order valence-corrected chi connectivity index (χ0v) is 9.95. The van der Waals surface area contributed by atoms with E-state index in [0.717, 1.165) is 5.76 Å². The van der Waals surface area contributed by atoms with Crippen LogP contribution in [0.15, 0.2) is 39.6 Å². The van der Waals surface area contributed by atoms with Gasteiger partial charge in [0.2, 0.25) is 5.78 Å². The number of aryl methyl sites for hydroxylation is 1. The van der Waals surface area contributed by atoms with Crippen molar-refractivity contribution >= 4 is 23.2 Å². The zero-order valence-electron chi connectivity index (χ0n) is 9.14. The lowest BCUT2D eigenvalue weighted by Crippen LogP contribution is -1.98. The standard InChI is InChI=1S/C13H9NO2S/c1-9-4-5-11(16-9)7-10(8-14)13(15)12-3-2-6-17-12/h2-7H,1H3/b10-7+. The molecule has 0 aliphatic rings. The van der Waals surface area contributed by atoms with Crippen LogP contribution in [0.2, 0.25) is 0 Å². The molecule has 0 unspecified atom stereocenters. The normalized spacial score (nSPS) is 11.2. The quantitative estimate of drug-likeness (QED) is 0.471. The first-order valence-corrected chi connectivity index (χ1v) is 5.85. The van der Waals surface area contributed by atoms with Crippen molar-refractivity contribution in [2.24, 2.45) is 0 Å². The molecule has 0 radical (unpaired) electrons. The third-order valence-corrected chi connectivity index (χ3v) is 3.03. The number of nitrogens with zero attached hydrogens (tertiary/aromatic N) is 1. The molecule has 0 fully saturated rings. The highest BCUT2D eigenvalue weighted by Crippen LogP contribution is 2.17. The number of carbonyl (C=O) groups excluding carboxylic acids is 1. The van der Waals surface area contributed by atoms with Crippen LogP contribution in [0, 0.1) is 18.3 Å². The van der Waals surface area contributed by atoms with Crippen molar-refractivity contribution in [1.29, 1.82) is 5.26 Å². The second kappa shape index (κ2) is 4.81. The van der Waals surface area contributed by atoms with E-state index in [1.807, 2.05) is 13.0 Å². The fourth-order valence-corrected chi connectivity index (χ4v) is 2.04. The van der Waals surface area contributed by atoms with Gasteiger partial charge in [0, 0.05) is 6.08 Å². The number of hydrogen-bond acceptors (Lipinski definition) is 4. The van der Waals surface area contributed by atoms with E-state index in [2.05, 4.69) is 0 Å². The van der Waals surface area contributed by atoms with Crippen LogP contribution in [-0.4, -0.2) is 5.78 Å². The van der Waals surface area contributed by atoms with Crippen LogP contribution in [0.25, 0.3) is 6.08 Å². The van der Waals surface area contributed by atoms with Crippen molar-refractivity contribution in [2.75, 3.05) is 0 Å². The number of rotatable bonds is 3. The fraction of sp³-hybridized carbons (Fsp3) is 0.0769. The van der Waals surface area contributed by atoms with Gasteiger partial charge in [0.15, 0.2) is 0 Å². The smallest absolute Gasteiger partial charge is 0.213 e. The van der Waals surface area contributed by atoms with E-state index in [-0.39, 0.29) is 11.4 Å². The molecule has 0 aromatic carbocycles. The molecule has 0 saturated carbocycles. The van der Waals surface area contributed by atoms with Crippen molar-refractivity contribution in [3.8, 4) is 6.07 Å². The van der Waals surface area contributed by atoms with E-state index in [4.69, 9.17) is 9.68 Å². The number of nitriles is 1. The number of allylic oxidation sites excluding steroid dienone is 1. The van der Waals surface area contributed by atoms with Crippen LogP contribution in [0.4, 0.5) is 0 Å². The minimum Gasteiger partial charge on any atom is -0.462 e. The lowest BCUT2D eigenvalue weighted by molar-refractivity contribution is 0.104. The average Bonchev–Trinajstić information content (AvgIpc) is 2.96. The number of Topliss-reactive ketones (excluding diaryl/α,β-unsaturated/α-hetero) is 1. The molecule has 4 heteroatoms. The molecule has 84 valence electrons. The number of ketones is 1. The van der Waals surface area contributed by atoms with Crippen LogP contribution in [0.1, 0.15) is 21.2 Å². The molecular weight excluding hydrogens is 234 g/mol. The summed E-state index contributed by atoms with van der Waals surface area (Å²) >= 11 is 1.32. The van der Waals surface area contributed by atoms with E-state index in [9.17, 15) is 4.79 Å². The van der Waals surface area contributed by atoms with Crippen LogP contribution in [0.3, 0.4) is 0 Å². The Balaban J connectivity index is 2.32. The summed E-state index contributed by atoms with van der Waals surface area (Å²) in [5.74, 6) is 0.998. The summed E-state index contributed by atoms with van der Waals surface area (Å²) < 4.78 is 5.31. The molecule has 2 aromatic heterocycles. The van der Waals surface area contributed by atoms with Gasteiger partial charge in [-0.1, -0.05) is 6.07 Å². The summed E-state index contributed by atoms with van der Waals surface area (Å²) in [5.41, 5.74) is 0.0850. The number of carbonyl (C=O) groups is 1. The predicted molar refractivity (Wildman–Crippen MR) is 65.7 cm³/mol. The number of furan rings is 1. The predicted octanol–water partition coefficient (Wildman–Crippen LogP) is 3.44. The molecule has 0 N–H and O–H groups in total. The molecule has 0 spiro atoms. The summed E-state index contributed by atoms with van der Waals surface area (Å²) in [6.45, 7) is 1.81. The minimum absolute atomic E-state index is 0.0850. The fourth-order valence-electron chi connectivity index (χ4n) is 1.36. The maximum absolute atomic E-state index is 11.9. The highest BCUT2D eigenvalue weighted by atomic mass is 32.1. The average molecular weight is 243 g/mol. The highest BCUT2D eigenvalue weighted by Gasteiger charge is 2.13. The summed E-state index contributed by atoms with van der Waals surface area (Å²) in [5, 5.41) is 10.8. The molecular formula is C13H9NO2S. The van der Waals surface area contributed by atoms with Crippen LogP contribution < -0.4 is 0 Å². The van der Waals surface area contributed by atoms with Crippen molar-refractivity contribution < 1.29 is 9.21 Å². The van der Waals surface area contributed by atoms with Gasteiger partial charge in [-0.15, -0.1) is 11.3 Å². The Morgan fingerprint density at radius 2 is 2.29 bits per heavy atom. The summed E-state index contributed by atoms with van der Waals surface area (Å²) in [7, 11) is 0. The molecule has 3 nitrogen and oxygen atoms in total. The Morgan fingerprint density at radius 3 is 2.82 bits per heavy atom. The van der Waals surface area contributed by atoms with Crippen molar-refractivity contribution in [3.63, 3.8) is 0 Å². The molecule has 0 atom stereocenters. The third-order valence-electron chi connectivity index (χ3n) is 2.16. The second-order valence-corrected chi connectivity index (χ2v) is 4.37. The molecule has 0 amide bonds. The van der Waals surface area contributed by atoms with Gasteiger partial charge < -0.3 is 4.42 Å². The molecule has 17 heavy (non-hydrogen) atoms. The van der Waals surface area contributed by atoms with E-state index in [1.165, 1.54) is 17.4 Å². The Labute approximate surface area is 103 Å². The van der Waals surface area contributed by atoms with Gasteiger partial charge in [-0.25, -0.2) is 0 Å². The molecule has 0 saturated heterocycles. The molecule has 0 aliphatic heterocycles. The molecule has 2 aromatic rings. The summed E-state index contributed by atoms with van der Waals surface area (Å²) in [4.78, 5) is 12.5. The maximum Gasteiger partial charge on any atom is 0.213 e. The van der Waals surface area contributed by atoms with Gasteiger partial charge in [0.1, 0.15) is 23.2 Å². The molecule has 0 aliphatic carbocycles. The molecule has 2 heterocycles. The van der Waals surface area contributed by atoms with Crippen molar-refractivity contribution in [3.05, 3.63) is 51.6 Å². The van der Waals surface area contributed by atoms with Crippen LogP contribution >= 0.6 is 11.3 Å². The Kier molecular flexibility index (Phi) is 3.22. The largest absolute Gasteiger partial charge is 0.462 e. The zero-order chi connectivity index (χ0) is 12.3. The van der Waals surface area contributed by atoms with Gasteiger partial charge in [-0.2, -0.15) is 5.26 Å². The minimum atomic E-state index is -0.267. The van der Waals surface area contributed by atoms with Crippen molar-refractivity contribution in [2.45, 2.75) is 6.92 Å². The number of hydrogen-bond donors (Lipinski definition) is 0. The Bertz CT molecular complexity index is 600. The topological polar surface area (TPSA) is 54.0 Å². The molecule has 2 rings (SSSR count). The van der Waals surface area contributed by atoms with Crippen LogP contribution in [-0.2, 0) is 0 Å². The summed E-state index contributed by atoms with van der Waals surface area (Å²) in [6, 6.07) is 8.91. The highest BCUT2D eigenvalue weighted by molar-refractivity contribution is 7.12. The van der Waals surface area contributed by atoms with Gasteiger partial charge >= 0.3 is 0 Å². The maximum atomic E-state index is 11.9. The third kappa shape index (κ3) is 2.52. The summed E-state index contributed by atoms with van der Waals surface area (Å²) in [6.07, 6.45) is 1.47. The van der Waals surface area contributed by atoms with Crippen LogP contribution in [0.5, 0.6) is 0 Å². The van der Waals surface area contributed by atoms with Gasteiger partial charge in [-0.05, 0) is 30.5 Å². The SMILES string of the molecule is Cc1ccc(/C=C(\C#N)C(=O)c2cccs2)o1. The monoisotopic (exact) mass is 243 g/mol. The first-order chi connectivity index (χ1) is 8.20. The van der Waals surface area contributed by atoms with E-state index < -0.39 is 0 Å². The van der Waals surface area contributed by atoms with Gasteiger partial charge in [0.05, 0.1) is 4.88 Å². The van der Waals surface area contributed by atoms with Gasteiger partial charge in [0.25, 0.3) is 0 Å². The lowest BCUT2D eigenvalue weighted by Gasteiger charge is -1.93. The Morgan fingerprint density at radius 1 is 1.47 bits per heavy atom. The lowest BCUT2D eigenvalue weighted by atomic mass is 10.1. The van der Waals surface area contributed by atoms with Gasteiger partial charge in [-0.3, -0.25) is 4.79 Å². The first kappa shape index (κ1) is 11.4.